The number of alkyl carbamates (subject to hydrolysis) is 1. The number of amides is 1. The van der Waals surface area contributed by atoms with Gasteiger partial charge in [-0.3, -0.25) is 4.79 Å². The lowest BCUT2D eigenvalue weighted by molar-refractivity contribution is -0.145. The zero-order valence-corrected chi connectivity index (χ0v) is 22.0. The van der Waals surface area contributed by atoms with Crippen LogP contribution in [0.4, 0.5) is 4.79 Å². The van der Waals surface area contributed by atoms with E-state index in [9.17, 15) is 9.59 Å². The molecule has 1 aromatic carbocycles. The Balaban J connectivity index is 1.69. The molecular weight excluding hydrogens is 486 g/mol. The average Bonchev–Trinajstić information content (AvgIpc) is 2.91. The monoisotopic (exact) mass is 529 g/mol. The maximum Gasteiger partial charge on any atom is 0.407 e. The van der Waals surface area contributed by atoms with E-state index < -0.39 is 6.09 Å². The number of ether oxygens (including phenoxy) is 8. The van der Waals surface area contributed by atoms with Gasteiger partial charge in [0.25, 0.3) is 0 Å². The Morgan fingerprint density at radius 1 is 0.622 bits per heavy atom. The summed E-state index contributed by atoms with van der Waals surface area (Å²) in [4.78, 5) is 22.7. The largest absolute Gasteiger partial charge is 0.463 e. The molecule has 212 valence electrons. The zero-order valence-electron chi connectivity index (χ0n) is 22.0. The normalized spacial score (nSPS) is 10.8. The molecule has 11 nitrogen and oxygen atoms in total. The average molecular weight is 530 g/mol. The van der Waals surface area contributed by atoms with Crippen molar-refractivity contribution in [2.24, 2.45) is 0 Å². The van der Waals surface area contributed by atoms with Gasteiger partial charge in [-0.2, -0.15) is 0 Å². The van der Waals surface area contributed by atoms with Gasteiger partial charge in [-0.1, -0.05) is 37.3 Å². The summed E-state index contributed by atoms with van der Waals surface area (Å²) in [6.45, 7) is 8.19. The van der Waals surface area contributed by atoms with Crippen LogP contribution in [-0.4, -0.2) is 104 Å². The lowest BCUT2D eigenvalue weighted by atomic mass is 10.2. The van der Waals surface area contributed by atoms with Crippen molar-refractivity contribution < 1.29 is 47.5 Å². The highest BCUT2D eigenvalue weighted by atomic mass is 16.6. The number of carbonyl (C=O) groups excluding carboxylic acids is 2. The minimum absolute atomic E-state index is 0.192. The van der Waals surface area contributed by atoms with Crippen LogP contribution in [0.3, 0.4) is 0 Å². The van der Waals surface area contributed by atoms with Gasteiger partial charge in [0.15, 0.2) is 0 Å². The van der Waals surface area contributed by atoms with Crippen LogP contribution in [0.25, 0.3) is 0 Å². The van der Waals surface area contributed by atoms with Crippen LogP contribution in [0, 0.1) is 0 Å². The zero-order chi connectivity index (χ0) is 26.7. The highest BCUT2D eigenvalue weighted by Crippen LogP contribution is 2.00. The molecule has 0 spiro atoms. The third-order valence-electron chi connectivity index (χ3n) is 4.53. The van der Waals surface area contributed by atoms with Gasteiger partial charge in [-0.15, -0.1) is 0 Å². The number of rotatable bonds is 25. The maximum absolute atomic E-state index is 11.6. The topological polar surface area (TPSA) is 120 Å². The van der Waals surface area contributed by atoms with Crippen LogP contribution in [0.15, 0.2) is 30.3 Å². The molecule has 0 heterocycles. The molecule has 0 fully saturated rings. The van der Waals surface area contributed by atoms with Gasteiger partial charge in [0.1, 0.15) is 13.2 Å². The van der Waals surface area contributed by atoms with E-state index in [4.69, 9.17) is 37.9 Å². The van der Waals surface area contributed by atoms with Crippen molar-refractivity contribution >= 4 is 12.1 Å². The van der Waals surface area contributed by atoms with Crippen LogP contribution in [-0.2, 0) is 49.3 Å². The number of hydrogen-bond acceptors (Lipinski definition) is 10. The number of esters is 1. The Morgan fingerprint density at radius 3 is 1.57 bits per heavy atom. The lowest BCUT2D eigenvalue weighted by Crippen LogP contribution is -2.28. The smallest absolute Gasteiger partial charge is 0.407 e. The van der Waals surface area contributed by atoms with Crippen molar-refractivity contribution in [3.05, 3.63) is 35.9 Å². The molecule has 11 heteroatoms. The van der Waals surface area contributed by atoms with Crippen LogP contribution >= 0.6 is 0 Å². The summed E-state index contributed by atoms with van der Waals surface area (Å²) >= 11 is 0. The molecule has 0 aliphatic rings. The molecule has 0 saturated heterocycles. The van der Waals surface area contributed by atoms with E-state index in [2.05, 4.69) is 5.32 Å². The molecule has 1 aromatic rings. The van der Waals surface area contributed by atoms with Crippen molar-refractivity contribution in [3.8, 4) is 0 Å². The summed E-state index contributed by atoms with van der Waals surface area (Å²) in [6.07, 6.45) is 0.752. The minimum Gasteiger partial charge on any atom is -0.463 e. The Morgan fingerprint density at radius 2 is 1.08 bits per heavy atom. The Kier molecular flexibility index (Phi) is 22.5. The third kappa shape index (κ3) is 22.6. The van der Waals surface area contributed by atoms with Crippen molar-refractivity contribution in [1.82, 2.24) is 5.32 Å². The molecule has 0 bridgehead atoms. The first kappa shape index (κ1) is 32.7. The fourth-order valence-corrected chi connectivity index (χ4v) is 2.69. The van der Waals surface area contributed by atoms with E-state index in [0.717, 1.165) is 12.0 Å². The molecule has 1 amide bonds. The van der Waals surface area contributed by atoms with E-state index >= 15 is 0 Å². The Hall–Kier alpha value is -2.28. The number of hydrogen-bond donors (Lipinski definition) is 1. The van der Waals surface area contributed by atoms with Crippen LogP contribution in [0.5, 0.6) is 0 Å². The molecule has 0 saturated carbocycles. The first-order chi connectivity index (χ1) is 18.2. The number of nitrogens with one attached hydrogen (secondary N) is 1. The minimum atomic E-state index is -0.470. The van der Waals surface area contributed by atoms with E-state index in [1.165, 1.54) is 0 Å². The van der Waals surface area contributed by atoms with Crippen molar-refractivity contribution in [2.75, 3.05) is 92.4 Å². The van der Waals surface area contributed by atoms with Crippen LogP contribution in [0.2, 0.25) is 0 Å². The number of carbonyl (C=O) groups is 2. The Bertz CT molecular complexity index is 662. The molecule has 0 aliphatic carbocycles. The van der Waals surface area contributed by atoms with Crippen molar-refractivity contribution in [1.29, 1.82) is 0 Å². The van der Waals surface area contributed by atoms with Gasteiger partial charge in [0.05, 0.1) is 79.3 Å². The summed E-state index contributed by atoms with van der Waals surface area (Å²) in [5.41, 5.74) is 0.937. The highest BCUT2D eigenvalue weighted by molar-refractivity contribution is 5.69. The molecule has 0 radical (unpaired) electrons. The van der Waals surface area contributed by atoms with Gasteiger partial charge in [0, 0.05) is 13.0 Å². The van der Waals surface area contributed by atoms with Gasteiger partial charge in [0.2, 0.25) is 0 Å². The van der Waals surface area contributed by atoms with Gasteiger partial charge in [-0.25, -0.2) is 4.79 Å². The predicted octanol–water partition coefficient (Wildman–Crippen LogP) is 2.36. The van der Waals surface area contributed by atoms with Crippen LogP contribution < -0.4 is 5.32 Å². The SMILES string of the molecule is CCCC(=O)OCCOCCOCCOCCOCCOCCOCCNC(=O)OCc1ccccc1. The van der Waals surface area contributed by atoms with E-state index in [1.54, 1.807) is 0 Å². The van der Waals surface area contributed by atoms with Crippen molar-refractivity contribution in [3.63, 3.8) is 0 Å². The fraction of sp³-hybridized carbons (Fsp3) is 0.692. The molecule has 0 aliphatic heterocycles. The van der Waals surface area contributed by atoms with Gasteiger partial charge < -0.3 is 43.2 Å². The predicted molar refractivity (Wildman–Crippen MR) is 135 cm³/mol. The first-order valence-corrected chi connectivity index (χ1v) is 12.8. The van der Waals surface area contributed by atoms with E-state index in [1.807, 2.05) is 37.3 Å². The second kappa shape index (κ2) is 25.4. The molecular formula is C26H43NO10. The van der Waals surface area contributed by atoms with E-state index in [-0.39, 0.29) is 19.2 Å². The van der Waals surface area contributed by atoms with Crippen molar-refractivity contribution in [2.45, 2.75) is 26.4 Å². The molecule has 0 atom stereocenters. The summed E-state index contributed by atoms with van der Waals surface area (Å²) in [5, 5.41) is 2.63. The van der Waals surface area contributed by atoms with E-state index in [0.29, 0.717) is 92.2 Å². The quantitative estimate of drug-likeness (QED) is 0.149. The highest BCUT2D eigenvalue weighted by Gasteiger charge is 2.02. The molecule has 1 rings (SSSR count). The fourth-order valence-electron chi connectivity index (χ4n) is 2.69. The van der Waals surface area contributed by atoms with Gasteiger partial charge in [-0.05, 0) is 12.0 Å². The first-order valence-electron chi connectivity index (χ1n) is 12.8. The summed E-state index contributed by atoms with van der Waals surface area (Å²) < 4.78 is 42.4. The standard InChI is InChI=1S/C26H43NO10/c1-2-6-25(28)36-22-21-35-20-19-34-18-17-33-16-15-32-14-13-31-12-11-30-10-9-27-26(29)37-23-24-7-4-3-5-8-24/h3-5,7-8H,2,6,9-23H2,1H3,(H,27,29). The molecule has 0 unspecified atom stereocenters. The molecule has 0 aromatic heterocycles. The Labute approximate surface area is 220 Å². The maximum atomic E-state index is 11.6. The van der Waals surface area contributed by atoms with Gasteiger partial charge >= 0.3 is 12.1 Å². The molecule has 1 N–H and O–H groups in total. The third-order valence-corrected chi connectivity index (χ3v) is 4.53. The van der Waals surface area contributed by atoms with Crippen LogP contribution in [0.1, 0.15) is 25.3 Å². The summed E-state index contributed by atoms with van der Waals surface area (Å²) in [7, 11) is 0. The number of benzene rings is 1. The second-order valence-electron chi connectivity index (χ2n) is 7.63. The lowest BCUT2D eigenvalue weighted by Gasteiger charge is -2.09. The summed E-state index contributed by atoms with van der Waals surface area (Å²) in [5.74, 6) is -0.192. The summed E-state index contributed by atoms with van der Waals surface area (Å²) in [6, 6.07) is 9.49. The second-order valence-corrected chi connectivity index (χ2v) is 7.63. The molecule has 37 heavy (non-hydrogen) atoms.